The van der Waals surface area contributed by atoms with Gasteiger partial charge in [-0.3, -0.25) is 4.90 Å². The van der Waals surface area contributed by atoms with E-state index in [9.17, 15) is 0 Å². The Bertz CT molecular complexity index is 2720. The number of thiophene rings is 1. The molecule has 10 rings (SSSR count). The molecule has 4 aromatic heterocycles. The Labute approximate surface area is 372 Å². The van der Waals surface area contributed by atoms with Gasteiger partial charge in [0.05, 0.1) is 6.10 Å². The molecule has 4 aromatic carbocycles. The van der Waals surface area contributed by atoms with E-state index in [0.717, 1.165) is 93.9 Å². The largest absolute Gasteiger partial charge is 0.492 e. The molecule has 0 bridgehead atoms. The number of fused-ring (bicyclic) bond motifs is 2. The van der Waals surface area contributed by atoms with Gasteiger partial charge in [0, 0.05) is 74.6 Å². The molecular formula is C50H54N10O2S. The molecule has 12 nitrogen and oxygen atoms in total. The highest BCUT2D eigenvalue weighted by molar-refractivity contribution is 7.17. The number of anilines is 8. The monoisotopic (exact) mass is 858 g/mol. The van der Waals surface area contributed by atoms with Crippen molar-refractivity contribution in [2.45, 2.75) is 64.9 Å². The van der Waals surface area contributed by atoms with E-state index in [0.29, 0.717) is 18.0 Å². The van der Waals surface area contributed by atoms with Crippen molar-refractivity contribution < 1.29 is 9.47 Å². The molecule has 0 amide bonds. The average molecular weight is 859 g/mol. The number of ether oxygens (including phenoxy) is 2. The Kier molecular flexibility index (Phi) is 13.2. The maximum Gasteiger partial charge on any atom is 0.229 e. The number of aromatic amines is 1. The second kappa shape index (κ2) is 20.0. The molecule has 2 aliphatic rings. The Morgan fingerprint density at radius 1 is 0.635 bits per heavy atom. The van der Waals surface area contributed by atoms with Crippen molar-refractivity contribution in [2.75, 3.05) is 47.5 Å². The summed E-state index contributed by atoms with van der Waals surface area (Å²) in [6.45, 7) is 8.11. The smallest absolute Gasteiger partial charge is 0.229 e. The lowest BCUT2D eigenvalue weighted by molar-refractivity contribution is 0.155. The number of aryl methyl sites for hydroxylation is 2. The Morgan fingerprint density at radius 2 is 1.24 bits per heavy atom. The number of aromatic nitrogens is 5. The first kappa shape index (κ1) is 41.6. The molecule has 1 aliphatic heterocycles. The molecule has 0 radical (unpaired) electrons. The van der Waals surface area contributed by atoms with Crippen LogP contribution in [0.2, 0.25) is 0 Å². The van der Waals surface area contributed by atoms with E-state index in [-0.39, 0.29) is 0 Å². The van der Waals surface area contributed by atoms with Crippen LogP contribution in [0.15, 0.2) is 121 Å². The lowest BCUT2D eigenvalue weighted by Gasteiger charge is -2.23. The standard InChI is InChI=1S/C25H27N5OS.C25H27N5O/c1-18-17-26-25(29-24(18)27-21-6-9-23-19(16-21)10-15-32-23)28-20-4-7-22(8-5-20)31-14-13-30-11-2-3-12-30;1-17-16-27-25(30-24(17)28-20-9-12-23-18(15-20)13-14-26-23)29-19-7-10-22(11-8-19)31-21-5-3-2-4-6-21/h4-10,15-17H,2-3,11-14H2,1H3,(H2,26,27,28,29);7-16,21,26H,2-6H2,1H3,(H2,27,28,29,30). The zero-order valence-corrected chi connectivity index (χ0v) is 36.7. The van der Waals surface area contributed by atoms with Crippen LogP contribution in [0.4, 0.5) is 46.3 Å². The summed E-state index contributed by atoms with van der Waals surface area (Å²) < 4.78 is 13.3. The van der Waals surface area contributed by atoms with E-state index in [4.69, 9.17) is 9.47 Å². The second-order valence-electron chi connectivity index (χ2n) is 16.2. The molecule has 1 saturated heterocycles. The predicted molar refractivity (Wildman–Crippen MR) is 258 cm³/mol. The average Bonchev–Trinajstić information content (AvgIpc) is 4.11. The number of H-pyrrole nitrogens is 1. The van der Waals surface area contributed by atoms with Gasteiger partial charge >= 0.3 is 0 Å². The highest BCUT2D eigenvalue weighted by Gasteiger charge is 2.15. The maximum atomic E-state index is 6.12. The molecule has 1 saturated carbocycles. The van der Waals surface area contributed by atoms with Gasteiger partial charge in [0.1, 0.15) is 29.7 Å². The maximum absolute atomic E-state index is 6.12. The number of rotatable bonds is 14. The first-order valence-corrected chi connectivity index (χ1v) is 22.9. The highest BCUT2D eigenvalue weighted by atomic mass is 32.1. The first-order chi connectivity index (χ1) is 31.0. The minimum Gasteiger partial charge on any atom is -0.492 e. The van der Waals surface area contributed by atoms with Crippen LogP contribution in [0.1, 0.15) is 56.1 Å². The molecular weight excluding hydrogens is 805 g/mol. The second-order valence-corrected chi connectivity index (χ2v) is 17.2. The quantitative estimate of drug-likeness (QED) is 0.0714. The van der Waals surface area contributed by atoms with Crippen LogP contribution in [-0.2, 0) is 0 Å². The van der Waals surface area contributed by atoms with E-state index in [1.807, 2.05) is 87.0 Å². The molecule has 13 heteroatoms. The molecule has 5 heterocycles. The first-order valence-electron chi connectivity index (χ1n) is 22.0. The summed E-state index contributed by atoms with van der Waals surface area (Å²) in [6, 6.07) is 32.7. The van der Waals surface area contributed by atoms with Gasteiger partial charge in [-0.05, 0) is 173 Å². The van der Waals surface area contributed by atoms with E-state index in [1.165, 1.54) is 55.3 Å². The van der Waals surface area contributed by atoms with Gasteiger partial charge in [0.25, 0.3) is 0 Å². The van der Waals surface area contributed by atoms with Gasteiger partial charge in [0.15, 0.2) is 0 Å². The third-order valence-corrected chi connectivity index (χ3v) is 12.3. The number of likely N-dealkylation sites (tertiary alicyclic amines) is 1. The molecule has 0 spiro atoms. The van der Waals surface area contributed by atoms with Gasteiger partial charge in [0.2, 0.25) is 11.9 Å². The van der Waals surface area contributed by atoms with E-state index < -0.39 is 0 Å². The Hall–Kier alpha value is -6.70. The zero-order chi connectivity index (χ0) is 42.8. The summed E-state index contributed by atoms with van der Waals surface area (Å²) in [7, 11) is 0. The summed E-state index contributed by atoms with van der Waals surface area (Å²) in [4.78, 5) is 23.9. The molecule has 322 valence electrons. The number of hydrogen-bond acceptors (Lipinski definition) is 12. The van der Waals surface area contributed by atoms with Crippen molar-refractivity contribution in [2.24, 2.45) is 0 Å². The fourth-order valence-electron chi connectivity index (χ4n) is 7.89. The van der Waals surface area contributed by atoms with Gasteiger partial charge < -0.3 is 35.7 Å². The summed E-state index contributed by atoms with van der Waals surface area (Å²) in [6.07, 6.45) is 14.7. The van der Waals surface area contributed by atoms with E-state index >= 15 is 0 Å². The van der Waals surface area contributed by atoms with Crippen LogP contribution in [0, 0.1) is 13.8 Å². The van der Waals surface area contributed by atoms with Crippen LogP contribution in [0.5, 0.6) is 11.5 Å². The third-order valence-electron chi connectivity index (χ3n) is 11.4. The summed E-state index contributed by atoms with van der Waals surface area (Å²) >= 11 is 1.75. The van der Waals surface area contributed by atoms with Crippen LogP contribution in [-0.4, -0.2) is 62.2 Å². The van der Waals surface area contributed by atoms with Crippen LogP contribution < -0.4 is 30.7 Å². The van der Waals surface area contributed by atoms with Crippen LogP contribution >= 0.6 is 11.3 Å². The SMILES string of the molecule is Cc1cnc(Nc2ccc(OC3CCCCC3)cc2)nc1Nc1ccc2[nH]ccc2c1.Cc1cnc(Nc2ccc(OCCN3CCCC3)cc2)nc1Nc1ccc2sccc2c1. The van der Waals surface area contributed by atoms with E-state index in [2.05, 4.69) is 98.9 Å². The van der Waals surface area contributed by atoms with Gasteiger partial charge in [-0.25, -0.2) is 9.97 Å². The molecule has 0 unspecified atom stereocenters. The fourth-order valence-corrected chi connectivity index (χ4v) is 8.66. The molecule has 0 atom stereocenters. The lowest BCUT2D eigenvalue weighted by Crippen LogP contribution is -2.25. The molecule has 2 fully saturated rings. The van der Waals surface area contributed by atoms with Gasteiger partial charge in [-0.1, -0.05) is 6.42 Å². The molecule has 63 heavy (non-hydrogen) atoms. The number of nitrogens with zero attached hydrogens (tertiary/aromatic N) is 5. The van der Waals surface area contributed by atoms with Crippen LogP contribution in [0.25, 0.3) is 21.0 Å². The Morgan fingerprint density at radius 3 is 1.90 bits per heavy atom. The molecule has 1 aliphatic carbocycles. The van der Waals surface area contributed by atoms with Crippen molar-refractivity contribution in [3.8, 4) is 11.5 Å². The van der Waals surface area contributed by atoms with Gasteiger partial charge in [-0.15, -0.1) is 11.3 Å². The lowest BCUT2D eigenvalue weighted by atomic mass is 9.98. The fraction of sp³-hybridized carbons (Fsp3) is 0.280. The normalized spacial score (nSPS) is 14.3. The minimum absolute atomic E-state index is 0.354. The number of hydrogen-bond donors (Lipinski definition) is 5. The minimum atomic E-state index is 0.354. The molecule has 8 aromatic rings. The highest BCUT2D eigenvalue weighted by Crippen LogP contribution is 2.29. The topological polar surface area (TPSA) is 137 Å². The van der Waals surface area contributed by atoms with Crippen molar-refractivity contribution >= 4 is 78.6 Å². The molecule has 5 N–H and O–H groups in total. The van der Waals surface area contributed by atoms with Crippen LogP contribution in [0.3, 0.4) is 0 Å². The summed E-state index contributed by atoms with van der Waals surface area (Å²) in [5.41, 5.74) is 6.94. The third kappa shape index (κ3) is 11.2. The zero-order valence-electron chi connectivity index (χ0n) is 35.9. The number of nitrogens with one attached hydrogen (secondary N) is 5. The predicted octanol–water partition coefficient (Wildman–Crippen LogP) is 12.4. The van der Waals surface area contributed by atoms with Gasteiger partial charge in [-0.2, -0.15) is 9.97 Å². The van der Waals surface area contributed by atoms with Crippen molar-refractivity contribution in [1.82, 2.24) is 29.8 Å². The van der Waals surface area contributed by atoms with Crippen molar-refractivity contribution in [3.05, 3.63) is 132 Å². The number of benzene rings is 4. The summed E-state index contributed by atoms with van der Waals surface area (Å²) in [5.74, 6) is 4.48. The van der Waals surface area contributed by atoms with Crippen molar-refractivity contribution in [3.63, 3.8) is 0 Å². The summed E-state index contributed by atoms with van der Waals surface area (Å²) in [5, 5.41) is 17.9. The van der Waals surface area contributed by atoms with Crippen molar-refractivity contribution in [1.29, 1.82) is 0 Å². The Balaban J connectivity index is 0.000000160. The van der Waals surface area contributed by atoms with E-state index in [1.54, 1.807) is 11.3 Å².